The molecular weight excluding hydrogens is 280 g/mol. The number of hydrogen-bond donors (Lipinski definition) is 1. The molecule has 0 atom stereocenters. The Morgan fingerprint density at radius 2 is 2.00 bits per heavy atom. The maximum atomic E-state index is 4.78. The van der Waals surface area contributed by atoms with E-state index in [1.807, 2.05) is 18.2 Å². The average Bonchev–Trinajstić information content (AvgIpc) is 2.99. The van der Waals surface area contributed by atoms with Crippen molar-refractivity contribution >= 4 is 11.3 Å². The van der Waals surface area contributed by atoms with Gasteiger partial charge in [-0.15, -0.1) is 11.3 Å². The maximum Gasteiger partial charge on any atom is 0.144 e. The molecule has 1 N–H and O–H groups in total. The van der Waals surface area contributed by atoms with E-state index >= 15 is 0 Å². The Balaban J connectivity index is 2.03. The number of benzene rings is 1. The average molecular weight is 296 g/mol. The lowest BCUT2D eigenvalue weighted by Gasteiger charge is -2.02. The Morgan fingerprint density at radius 1 is 1.14 bits per heavy atom. The Bertz CT molecular complexity index is 695. The Labute approximate surface area is 127 Å². The van der Waals surface area contributed by atoms with Gasteiger partial charge < -0.3 is 5.32 Å². The highest BCUT2D eigenvalue weighted by molar-refractivity contribution is 7.15. The van der Waals surface area contributed by atoms with E-state index in [1.165, 1.54) is 4.88 Å². The zero-order chi connectivity index (χ0) is 14.5. The van der Waals surface area contributed by atoms with E-state index in [4.69, 9.17) is 4.98 Å². The lowest BCUT2D eigenvalue weighted by atomic mass is 10.1. The molecule has 0 saturated heterocycles. The number of aromatic nitrogens is 3. The standard InChI is InChI=1S/C16H16N4S/c1-2-17-11-14-15(12-6-4-3-5-7-12)20-16(21-14)13-10-18-8-9-19-13/h3-10,17H,2,11H2,1H3. The van der Waals surface area contributed by atoms with Crippen LogP contribution in [0.4, 0.5) is 0 Å². The Hall–Kier alpha value is -2.11. The minimum atomic E-state index is 0.818. The minimum Gasteiger partial charge on any atom is -0.312 e. The summed E-state index contributed by atoms with van der Waals surface area (Å²) in [5.41, 5.74) is 2.99. The van der Waals surface area contributed by atoms with Gasteiger partial charge in [0.2, 0.25) is 0 Å². The monoisotopic (exact) mass is 296 g/mol. The first-order valence-electron chi connectivity index (χ1n) is 6.90. The molecule has 0 bridgehead atoms. The van der Waals surface area contributed by atoms with Crippen molar-refractivity contribution in [2.75, 3.05) is 6.54 Å². The summed E-state index contributed by atoms with van der Waals surface area (Å²) in [5, 5.41) is 4.29. The third-order valence-corrected chi connectivity index (χ3v) is 4.14. The number of nitrogens with zero attached hydrogens (tertiary/aromatic N) is 3. The first kappa shape index (κ1) is 13.9. The van der Waals surface area contributed by atoms with Crippen LogP contribution in [0.2, 0.25) is 0 Å². The van der Waals surface area contributed by atoms with Crippen LogP contribution in [0.3, 0.4) is 0 Å². The maximum absolute atomic E-state index is 4.78. The van der Waals surface area contributed by atoms with E-state index in [1.54, 1.807) is 29.9 Å². The summed E-state index contributed by atoms with van der Waals surface area (Å²) in [6.07, 6.45) is 5.13. The summed E-state index contributed by atoms with van der Waals surface area (Å²) in [4.78, 5) is 14.5. The molecule has 0 fully saturated rings. The lowest BCUT2D eigenvalue weighted by Crippen LogP contribution is -2.11. The van der Waals surface area contributed by atoms with Gasteiger partial charge in [-0.3, -0.25) is 9.97 Å². The number of rotatable bonds is 5. The predicted octanol–water partition coefficient (Wildman–Crippen LogP) is 3.38. The Kier molecular flexibility index (Phi) is 4.33. The van der Waals surface area contributed by atoms with Gasteiger partial charge in [0.1, 0.15) is 10.7 Å². The lowest BCUT2D eigenvalue weighted by molar-refractivity contribution is 0.735. The van der Waals surface area contributed by atoms with Gasteiger partial charge in [-0.05, 0) is 6.54 Å². The summed E-state index contributed by atoms with van der Waals surface area (Å²) in [6, 6.07) is 10.3. The molecule has 2 heterocycles. The molecule has 21 heavy (non-hydrogen) atoms. The highest BCUT2D eigenvalue weighted by Gasteiger charge is 2.14. The van der Waals surface area contributed by atoms with Crippen LogP contribution in [-0.2, 0) is 6.54 Å². The molecule has 0 aliphatic carbocycles. The van der Waals surface area contributed by atoms with Crippen molar-refractivity contribution in [2.45, 2.75) is 13.5 Å². The second-order valence-corrected chi connectivity index (χ2v) is 5.61. The van der Waals surface area contributed by atoms with E-state index in [0.29, 0.717) is 0 Å². The second kappa shape index (κ2) is 6.56. The fraction of sp³-hybridized carbons (Fsp3) is 0.188. The molecule has 0 amide bonds. The van der Waals surface area contributed by atoms with Crippen LogP contribution in [0.15, 0.2) is 48.9 Å². The van der Waals surface area contributed by atoms with E-state index < -0.39 is 0 Å². The highest BCUT2D eigenvalue weighted by Crippen LogP contribution is 2.32. The van der Waals surface area contributed by atoms with Crippen LogP contribution >= 0.6 is 11.3 Å². The molecular formula is C16H16N4S. The van der Waals surface area contributed by atoms with Gasteiger partial charge in [0.25, 0.3) is 0 Å². The van der Waals surface area contributed by atoms with Gasteiger partial charge in [0.15, 0.2) is 0 Å². The van der Waals surface area contributed by atoms with Crippen molar-refractivity contribution in [2.24, 2.45) is 0 Å². The van der Waals surface area contributed by atoms with Crippen LogP contribution in [0.5, 0.6) is 0 Å². The summed E-state index contributed by atoms with van der Waals surface area (Å²) in [5.74, 6) is 0. The predicted molar refractivity (Wildman–Crippen MR) is 86.0 cm³/mol. The van der Waals surface area contributed by atoms with Crippen molar-refractivity contribution in [3.63, 3.8) is 0 Å². The van der Waals surface area contributed by atoms with Gasteiger partial charge in [0, 0.05) is 29.4 Å². The first-order valence-corrected chi connectivity index (χ1v) is 7.72. The number of thiazole rings is 1. The van der Waals surface area contributed by atoms with Crippen LogP contribution in [0.1, 0.15) is 11.8 Å². The largest absolute Gasteiger partial charge is 0.312 e. The normalized spacial score (nSPS) is 10.7. The number of nitrogens with one attached hydrogen (secondary N) is 1. The van der Waals surface area contributed by atoms with Crippen LogP contribution in [-0.4, -0.2) is 21.5 Å². The summed E-state index contributed by atoms with van der Waals surface area (Å²) >= 11 is 1.67. The highest BCUT2D eigenvalue weighted by atomic mass is 32.1. The molecule has 0 radical (unpaired) electrons. The zero-order valence-corrected chi connectivity index (χ0v) is 12.6. The topological polar surface area (TPSA) is 50.7 Å². The molecule has 3 rings (SSSR count). The minimum absolute atomic E-state index is 0.818. The fourth-order valence-electron chi connectivity index (χ4n) is 2.05. The molecule has 106 valence electrons. The van der Waals surface area contributed by atoms with E-state index in [2.05, 4.69) is 34.3 Å². The van der Waals surface area contributed by atoms with Gasteiger partial charge in [-0.25, -0.2) is 4.98 Å². The molecule has 3 aromatic rings. The summed E-state index contributed by atoms with van der Waals surface area (Å²) in [6.45, 7) is 3.86. The molecule has 0 spiro atoms. The SMILES string of the molecule is CCNCc1sc(-c2cnccn2)nc1-c1ccccc1. The number of hydrogen-bond acceptors (Lipinski definition) is 5. The zero-order valence-electron chi connectivity index (χ0n) is 11.8. The molecule has 0 aliphatic rings. The Morgan fingerprint density at radius 3 is 2.71 bits per heavy atom. The van der Waals surface area contributed by atoms with Crippen molar-refractivity contribution in [3.8, 4) is 22.0 Å². The molecule has 5 heteroatoms. The van der Waals surface area contributed by atoms with Crippen LogP contribution < -0.4 is 5.32 Å². The van der Waals surface area contributed by atoms with Gasteiger partial charge in [-0.1, -0.05) is 37.3 Å². The van der Waals surface area contributed by atoms with Gasteiger partial charge in [-0.2, -0.15) is 0 Å². The second-order valence-electron chi connectivity index (χ2n) is 4.53. The van der Waals surface area contributed by atoms with Gasteiger partial charge >= 0.3 is 0 Å². The molecule has 0 saturated carbocycles. The van der Waals surface area contributed by atoms with E-state index in [9.17, 15) is 0 Å². The van der Waals surface area contributed by atoms with Crippen molar-refractivity contribution in [3.05, 3.63) is 53.8 Å². The third-order valence-electron chi connectivity index (χ3n) is 3.06. The third kappa shape index (κ3) is 3.15. The molecule has 4 nitrogen and oxygen atoms in total. The molecule has 0 unspecified atom stereocenters. The molecule has 2 aromatic heterocycles. The first-order chi connectivity index (χ1) is 10.4. The fourth-order valence-corrected chi connectivity index (χ4v) is 3.07. The summed E-state index contributed by atoms with van der Waals surface area (Å²) in [7, 11) is 0. The van der Waals surface area contributed by atoms with Gasteiger partial charge in [0.05, 0.1) is 11.9 Å². The summed E-state index contributed by atoms with van der Waals surface area (Å²) < 4.78 is 0. The van der Waals surface area contributed by atoms with Crippen molar-refractivity contribution in [1.29, 1.82) is 0 Å². The van der Waals surface area contributed by atoms with E-state index in [0.717, 1.165) is 35.0 Å². The molecule has 0 aliphatic heterocycles. The quantitative estimate of drug-likeness (QED) is 0.784. The van der Waals surface area contributed by atoms with E-state index in [-0.39, 0.29) is 0 Å². The molecule has 1 aromatic carbocycles. The van der Waals surface area contributed by atoms with Crippen LogP contribution in [0, 0.1) is 0 Å². The van der Waals surface area contributed by atoms with Crippen molar-refractivity contribution < 1.29 is 0 Å². The smallest absolute Gasteiger partial charge is 0.144 e. The van der Waals surface area contributed by atoms with Crippen molar-refractivity contribution in [1.82, 2.24) is 20.3 Å². The van der Waals surface area contributed by atoms with Crippen LogP contribution in [0.25, 0.3) is 22.0 Å².